The number of likely N-dealkylation sites (tertiary alicyclic amines) is 1. The quantitative estimate of drug-likeness (QED) is 0.673. The molecule has 104 valence electrons. The van der Waals surface area contributed by atoms with Crippen LogP contribution in [0.4, 0.5) is 0 Å². The molecule has 1 saturated carbocycles. The van der Waals surface area contributed by atoms with E-state index >= 15 is 0 Å². The van der Waals surface area contributed by atoms with E-state index < -0.39 is 0 Å². The normalized spacial score (nSPS) is 22.1. The molecular weight excluding hydrogens is 226 g/mol. The molecule has 2 N–H and O–H groups in total. The summed E-state index contributed by atoms with van der Waals surface area (Å²) in [6.07, 6.45) is 5.29. The average Bonchev–Trinajstić information content (AvgIpc) is 3.04. The predicted octanol–water partition coefficient (Wildman–Crippen LogP) is 0.834. The topological polar surface area (TPSA) is 44.4 Å². The number of nitrogens with zero attached hydrogens (tertiary/aromatic N) is 1. The van der Waals surface area contributed by atoms with Crippen molar-refractivity contribution < 1.29 is 4.79 Å². The highest BCUT2D eigenvalue weighted by Gasteiger charge is 2.21. The lowest BCUT2D eigenvalue weighted by Crippen LogP contribution is -2.38. The Morgan fingerprint density at radius 2 is 2.06 bits per heavy atom. The molecule has 1 aliphatic carbocycles. The first kappa shape index (κ1) is 13.8. The molecule has 1 atom stereocenters. The Labute approximate surface area is 110 Å². The van der Waals surface area contributed by atoms with Gasteiger partial charge in [-0.3, -0.25) is 4.79 Å². The summed E-state index contributed by atoms with van der Waals surface area (Å²) in [4.78, 5) is 14.0. The molecule has 1 amide bonds. The minimum absolute atomic E-state index is 0.148. The van der Waals surface area contributed by atoms with Gasteiger partial charge in [-0.25, -0.2) is 0 Å². The molecule has 1 heterocycles. The lowest BCUT2D eigenvalue weighted by molar-refractivity contribution is -0.120. The van der Waals surface area contributed by atoms with Crippen LogP contribution in [0.15, 0.2) is 0 Å². The molecule has 1 unspecified atom stereocenters. The fraction of sp³-hybridized carbons (Fsp3) is 0.929. The molecule has 0 aromatic carbocycles. The van der Waals surface area contributed by atoms with E-state index in [2.05, 4.69) is 22.5 Å². The van der Waals surface area contributed by atoms with Crippen LogP contribution in [0, 0.1) is 11.8 Å². The molecule has 0 bridgehead atoms. The molecular formula is C14H27N3O. The van der Waals surface area contributed by atoms with Gasteiger partial charge in [0.05, 0.1) is 6.54 Å². The van der Waals surface area contributed by atoms with Crippen molar-refractivity contribution in [2.75, 3.05) is 39.3 Å². The summed E-state index contributed by atoms with van der Waals surface area (Å²) < 4.78 is 0. The molecule has 4 heteroatoms. The van der Waals surface area contributed by atoms with Crippen LogP contribution < -0.4 is 10.6 Å². The third kappa shape index (κ3) is 5.36. The van der Waals surface area contributed by atoms with Gasteiger partial charge < -0.3 is 15.5 Å². The standard InChI is InChI=1S/C14H27N3O/c1-12(11-17-6-2-3-7-17)8-15-10-14(18)16-9-13-4-5-13/h12-13,15H,2-11H2,1H3,(H,16,18). The van der Waals surface area contributed by atoms with Gasteiger partial charge in [0.1, 0.15) is 0 Å². The van der Waals surface area contributed by atoms with Crippen molar-refractivity contribution in [3.63, 3.8) is 0 Å². The average molecular weight is 253 g/mol. The fourth-order valence-electron chi connectivity index (χ4n) is 2.55. The van der Waals surface area contributed by atoms with Crippen molar-refractivity contribution in [3.8, 4) is 0 Å². The molecule has 2 rings (SSSR count). The molecule has 0 aromatic rings. The first-order valence-corrected chi connectivity index (χ1v) is 7.44. The van der Waals surface area contributed by atoms with E-state index in [0.717, 1.165) is 25.6 Å². The summed E-state index contributed by atoms with van der Waals surface area (Å²) in [5, 5.41) is 6.24. The zero-order chi connectivity index (χ0) is 12.8. The minimum Gasteiger partial charge on any atom is -0.355 e. The van der Waals surface area contributed by atoms with Gasteiger partial charge in [-0.05, 0) is 57.2 Å². The first-order valence-electron chi connectivity index (χ1n) is 7.44. The molecule has 1 saturated heterocycles. The van der Waals surface area contributed by atoms with Crippen LogP contribution in [-0.4, -0.2) is 50.1 Å². The zero-order valence-electron chi connectivity index (χ0n) is 11.6. The molecule has 0 aromatic heterocycles. The summed E-state index contributed by atoms with van der Waals surface area (Å²) >= 11 is 0. The van der Waals surface area contributed by atoms with E-state index in [9.17, 15) is 4.79 Å². The van der Waals surface area contributed by atoms with Crippen LogP contribution in [0.5, 0.6) is 0 Å². The number of carbonyl (C=O) groups is 1. The third-order valence-electron chi connectivity index (χ3n) is 3.83. The van der Waals surface area contributed by atoms with E-state index in [4.69, 9.17) is 0 Å². The number of hydrogen-bond donors (Lipinski definition) is 2. The van der Waals surface area contributed by atoms with Gasteiger partial charge in [0.25, 0.3) is 0 Å². The summed E-state index contributed by atoms with van der Waals surface area (Å²) in [6, 6.07) is 0. The lowest BCUT2D eigenvalue weighted by atomic mass is 10.1. The maximum absolute atomic E-state index is 11.5. The summed E-state index contributed by atoms with van der Waals surface area (Å²) in [7, 11) is 0. The van der Waals surface area contributed by atoms with Crippen molar-refractivity contribution >= 4 is 5.91 Å². The number of amides is 1. The zero-order valence-corrected chi connectivity index (χ0v) is 11.6. The van der Waals surface area contributed by atoms with Crippen LogP contribution in [0.1, 0.15) is 32.6 Å². The molecule has 4 nitrogen and oxygen atoms in total. The molecule has 2 fully saturated rings. The Bertz CT molecular complexity index is 260. The fourth-order valence-corrected chi connectivity index (χ4v) is 2.55. The highest BCUT2D eigenvalue weighted by molar-refractivity contribution is 5.77. The third-order valence-corrected chi connectivity index (χ3v) is 3.83. The summed E-state index contributed by atoms with van der Waals surface area (Å²) in [6.45, 7) is 8.22. The lowest BCUT2D eigenvalue weighted by Gasteiger charge is -2.20. The van der Waals surface area contributed by atoms with Gasteiger partial charge in [0, 0.05) is 13.1 Å². The summed E-state index contributed by atoms with van der Waals surface area (Å²) in [5.74, 6) is 1.54. The predicted molar refractivity (Wildman–Crippen MR) is 73.4 cm³/mol. The highest BCUT2D eigenvalue weighted by atomic mass is 16.1. The molecule has 0 spiro atoms. The Balaban J connectivity index is 1.46. The van der Waals surface area contributed by atoms with Crippen LogP contribution in [0.25, 0.3) is 0 Å². The van der Waals surface area contributed by atoms with Gasteiger partial charge in [0.15, 0.2) is 0 Å². The van der Waals surface area contributed by atoms with Gasteiger partial charge in [-0.1, -0.05) is 6.92 Å². The molecule has 18 heavy (non-hydrogen) atoms. The Kier molecular flexibility index (Phi) is 5.45. The number of hydrogen-bond acceptors (Lipinski definition) is 3. The minimum atomic E-state index is 0.148. The van der Waals surface area contributed by atoms with Gasteiger partial charge in [0.2, 0.25) is 5.91 Å². The van der Waals surface area contributed by atoms with Crippen molar-refractivity contribution in [2.45, 2.75) is 32.6 Å². The second-order valence-corrected chi connectivity index (χ2v) is 5.99. The molecule has 1 aliphatic heterocycles. The van der Waals surface area contributed by atoms with Crippen molar-refractivity contribution in [1.29, 1.82) is 0 Å². The van der Waals surface area contributed by atoms with Crippen LogP contribution in [-0.2, 0) is 4.79 Å². The van der Waals surface area contributed by atoms with E-state index in [1.807, 2.05) is 0 Å². The van der Waals surface area contributed by atoms with E-state index in [1.54, 1.807) is 0 Å². The van der Waals surface area contributed by atoms with E-state index in [-0.39, 0.29) is 5.91 Å². The Morgan fingerprint density at radius 3 is 2.72 bits per heavy atom. The number of nitrogens with one attached hydrogen (secondary N) is 2. The highest BCUT2D eigenvalue weighted by Crippen LogP contribution is 2.27. The van der Waals surface area contributed by atoms with E-state index in [1.165, 1.54) is 38.8 Å². The monoisotopic (exact) mass is 253 g/mol. The smallest absolute Gasteiger partial charge is 0.233 e. The Hall–Kier alpha value is -0.610. The van der Waals surface area contributed by atoms with Crippen LogP contribution >= 0.6 is 0 Å². The number of rotatable bonds is 8. The second kappa shape index (κ2) is 7.10. The Morgan fingerprint density at radius 1 is 1.33 bits per heavy atom. The van der Waals surface area contributed by atoms with Gasteiger partial charge in [-0.15, -0.1) is 0 Å². The van der Waals surface area contributed by atoms with E-state index in [0.29, 0.717) is 12.5 Å². The molecule has 0 radical (unpaired) electrons. The van der Waals surface area contributed by atoms with Crippen LogP contribution in [0.2, 0.25) is 0 Å². The summed E-state index contributed by atoms with van der Waals surface area (Å²) in [5.41, 5.74) is 0. The van der Waals surface area contributed by atoms with Crippen molar-refractivity contribution in [3.05, 3.63) is 0 Å². The van der Waals surface area contributed by atoms with Crippen molar-refractivity contribution in [1.82, 2.24) is 15.5 Å². The van der Waals surface area contributed by atoms with Crippen LogP contribution in [0.3, 0.4) is 0 Å². The first-order chi connectivity index (χ1) is 8.74. The maximum Gasteiger partial charge on any atom is 0.233 e. The SMILES string of the molecule is CC(CNCC(=O)NCC1CC1)CN1CCCC1. The van der Waals surface area contributed by atoms with Gasteiger partial charge in [-0.2, -0.15) is 0 Å². The second-order valence-electron chi connectivity index (χ2n) is 5.99. The van der Waals surface area contributed by atoms with Crippen molar-refractivity contribution in [2.24, 2.45) is 11.8 Å². The number of carbonyl (C=O) groups excluding carboxylic acids is 1. The molecule has 2 aliphatic rings. The maximum atomic E-state index is 11.5. The largest absolute Gasteiger partial charge is 0.355 e. The van der Waals surface area contributed by atoms with Gasteiger partial charge >= 0.3 is 0 Å².